The average Bonchev–Trinajstić information content (AvgIpc) is 3.05. The number of esters is 1. The second-order valence-corrected chi connectivity index (χ2v) is 4.89. The van der Waals surface area contributed by atoms with Gasteiger partial charge in [0.25, 0.3) is 0 Å². The zero-order chi connectivity index (χ0) is 12.5. The number of ether oxygens (including phenoxy) is 1. The van der Waals surface area contributed by atoms with Crippen molar-refractivity contribution in [1.29, 1.82) is 0 Å². The predicted molar refractivity (Wildman–Crippen MR) is 63.1 cm³/mol. The van der Waals surface area contributed by atoms with Crippen LogP contribution in [0, 0.1) is 0 Å². The highest BCUT2D eigenvalue weighted by Crippen LogP contribution is 2.29. The van der Waals surface area contributed by atoms with Gasteiger partial charge in [-0.2, -0.15) is 0 Å². The van der Waals surface area contributed by atoms with Gasteiger partial charge in [-0.15, -0.1) is 10.2 Å². The van der Waals surface area contributed by atoms with Crippen molar-refractivity contribution in [3.63, 3.8) is 0 Å². The molecule has 3 rings (SSSR count). The monoisotopic (exact) mass is 266 g/mol. The first-order valence-corrected chi connectivity index (χ1v) is 6.21. The maximum atomic E-state index is 11.4. The molecule has 8 heteroatoms. The van der Waals surface area contributed by atoms with Crippen molar-refractivity contribution in [3.05, 3.63) is 18.4 Å². The molecular formula is C10H10N4O3S. The molecule has 0 saturated carbocycles. The average molecular weight is 266 g/mol. The van der Waals surface area contributed by atoms with E-state index in [9.17, 15) is 4.79 Å². The zero-order valence-corrected chi connectivity index (χ0v) is 10.1. The van der Waals surface area contributed by atoms with Gasteiger partial charge in [-0.3, -0.25) is 4.79 Å². The molecule has 0 amide bonds. The summed E-state index contributed by atoms with van der Waals surface area (Å²) in [4.78, 5) is 11.4. The molecule has 2 aromatic heterocycles. The van der Waals surface area contributed by atoms with Crippen molar-refractivity contribution in [2.75, 3.05) is 12.4 Å². The third kappa shape index (κ3) is 1.84. The Morgan fingerprint density at radius 2 is 2.39 bits per heavy atom. The summed E-state index contributed by atoms with van der Waals surface area (Å²) in [6, 6.07) is 3.48. The minimum absolute atomic E-state index is 0.234. The third-order valence-electron chi connectivity index (χ3n) is 2.54. The quantitative estimate of drug-likeness (QED) is 0.643. The number of rotatable bonds is 3. The van der Waals surface area contributed by atoms with Crippen LogP contribution < -0.4 is 5.84 Å². The molecule has 1 fully saturated rings. The number of cyclic esters (lactones) is 1. The summed E-state index contributed by atoms with van der Waals surface area (Å²) in [5.74, 6) is 6.60. The van der Waals surface area contributed by atoms with Crippen LogP contribution in [0.25, 0.3) is 11.6 Å². The van der Waals surface area contributed by atoms with Crippen molar-refractivity contribution in [3.8, 4) is 11.6 Å². The maximum absolute atomic E-state index is 11.4. The lowest BCUT2D eigenvalue weighted by Crippen LogP contribution is -2.15. The van der Waals surface area contributed by atoms with Crippen molar-refractivity contribution in [1.82, 2.24) is 14.9 Å². The molecule has 2 N–H and O–H groups in total. The number of furan rings is 1. The van der Waals surface area contributed by atoms with Crippen LogP contribution in [0.4, 0.5) is 0 Å². The molecule has 0 unspecified atom stereocenters. The van der Waals surface area contributed by atoms with Crippen molar-refractivity contribution < 1.29 is 13.9 Å². The number of nitrogen functional groups attached to an aromatic ring is 1. The van der Waals surface area contributed by atoms with E-state index in [2.05, 4.69) is 10.2 Å². The second-order valence-electron chi connectivity index (χ2n) is 3.72. The number of hydrogen-bond donors (Lipinski definition) is 1. The van der Waals surface area contributed by atoms with Crippen LogP contribution in [0.15, 0.2) is 28.0 Å². The van der Waals surface area contributed by atoms with Gasteiger partial charge < -0.3 is 15.0 Å². The summed E-state index contributed by atoms with van der Waals surface area (Å²) in [7, 11) is 0. The Balaban J connectivity index is 1.84. The normalized spacial score (nSPS) is 19.1. The van der Waals surface area contributed by atoms with E-state index >= 15 is 0 Å². The lowest BCUT2D eigenvalue weighted by atomic mass is 10.4. The Morgan fingerprint density at radius 3 is 3.06 bits per heavy atom. The molecular weight excluding hydrogens is 256 g/mol. The van der Waals surface area contributed by atoms with Gasteiger partial charge in [-0.1, -0.05) is 11.8 Å². The highest BCUT2D eigenvalue weighted by atomic mass is 32.2. The fourth-order valence-corrected chi connectivity index (χ4v) is 2.56. The van der Waals surface area contributed by atoms with Gasteiger partial charge in [0.15, 0.2) is 5.76 Å². The van der Waals surface area contributed by atoms with E-state index in [0.29, 0.717) is 29.8 Å². The summed E-state index contributed by atoms with van der Waals surface area (Å²) in [5.41, 5.74) is 0. The highest BCUT2D eigenvalue weighted by Gasteiger charge is 2.30. The SMILES string of the molecule is Nn1c(S[C@@H]2CCOC2=O)nnc1-c1ccco1. The molecule has 1 aliphatic rings. The predicted octanol–water partition coefficient (Wildman–Crippen LogP) is 0.659. The fourth-order valence-electron chi connectivity index (χ4n) is 1.64. The van der Waals surface area contributed by atoms with E-state index in [1.807, 2.05) is 0 Å². The molecule has 94 valence electrons. The van der Waals surface area contributed by atoms with Crippen LogP contribution in [0.1, 0.15) is 6.42 Å². The summed E-state index contributed by atoms with van der Waals surface area (Å²) in [6.07, 6.45) is 2.19. The van der Waals surface area contributed by atoms with Gasteiger partial charge in [-0.25, -0.2) is 4.68 Å². The van der Waals surface area contributed by atoms with Crippen LogP contribution in [-0.2, 0) is 9.53 Å². The molecule has 0 bridgehead atoms. The number of aromatic nitrogens is 3. The standard InChI is InChI=1S/C10H10N4O3S/c11-14-8(6-2-1-4-16-6)12-13-10(14)18-7-3-5-17-9(7)15/h1-2,4,7H,3,5,11H2/t7-/m1/s1. The van der Waals surface area contributed by atoms with E-state index in [1.165, 1.54) is 22.7 Å². The number of carbonyl (C=O) groups is 1. The first-order chi connectivity index (χ1) is 8.75. The summed E-state index contributed by atoms with van der Waals surface area (Å²) in [6.45, 7) is 0.445. The lowest BCUT2D eigenvalue weighted by Gasteiger charge is -2.04. The molecule has 1 atom stereocenters. The number of nitrogens with zero attached hydrogens (tertiary/aromatic N) is 3. The number of nitrogens with two attached hydrogens (primary N) is 1. The Kier molecular flexibility index (Phi) is 2.71. The first-order valence-electron chi connectivity index (χ1n) is 5.33. The molecule has 18 heavy (non-hydrogen) atoms. The molecule has 2 aromatic rings. The molecule has 3 heterocycles. The lowest BCUT2D eigenvalue weighted by molar-refractivity contribution is -0.137. The van der Waals surface area contributed by atoms with Gasteiger partial charge in [0.2, 0.25) is 11.0 Å². The Hall–Kier alpha value is -1.96. The van der Waals surface area contributed by atoms with Crippen molar-refractivity contribution >= 4 is 17.7 Å². The minimum atomic E-state index is -0.263. The molecule has 0 aliphatic carbocycles. The van der Waals surface area contributed by atoms with Crippen LogP contribution in [0.2, 0.25) is 0 Å². The van der Waals surface area contributed by atoms with Gasteiger partial charge in [0.05, 0.1) is 12.9 Å². The molecule has 7 nitrogen and oxygen atoms in total. The van der Waals surface area contributed by atoms with Gasteiger partial charge in [0, 0.05) is 6.42 Å². The summed E-state index contributed by atoms with van der Waals surface area (Å²) >= 11 is 1.25. The van der Waals surface area contributed by atoms with E-state index in [0.717, 1.165) is 0 Å². The topological polar surface area (TPSA) is 96.2 Å². The molecule has 1 aliphatic heterocycles. The van der Waals surface area contributed by atoms with Gasteiger partial charge in [0.1, 0.15) is 5.25 Å². The second kappa shape index (κ2) is 4.37. The summed E-state index contributed by atoms with van der Waals surface area (Å²) < 4.78 is 11.4. The number of carbonyl (C=O) groups excluding carboxylic acids is 1. The molecule has 0 spiro atoms. The van der Waals surface area contributed by atoms with Gasteiger partial charge >= 0.3 is 5.97 Å². The largest absolute Gasteiger partial charge is 0.465 e. The fraction of sp³-hybridized carbons (Fsp3) is 0.300. The minimum Gasteiger partial charge on any atom is -0.465 e. The first kappa shape index (κ1) is 11.1. The van der Waals surface area contributed by atoms with Crippen LogP contribution >= 0.6 is 11.8 Å². The molecule has 0 aromatic carbocycles. The Morgan fingerprint density at radius 1 is 1.50 bits per heavy atom. The van der Waals surface area contributed by atoms with E-state index < -0.39 is 0 Å². The van der Waals surface area contributed by atoms with Crippen LogP contribution in [0.3, 0.4) is 0 Å². The third-order valence-corrected chi connectivity index (χ3v) is 3.74. The van der Waals surface area contributed by atoms with Crippen molar-refractivity contribution in [2.45, 2.75) is 16.8 Å². The van der Waals surface area contributed by atoms with Crippen LogP contribution in [-0.4, -0.2) is 32.7 Å². The van der Waals surface area contributed by atoms with E-state index in [4.69, 9.17) is 15.0 Å². The van der Waals surface area contributed by atoms with Crippen LogP contribution in [0.5, 0.6) is 0 Å². The maximum Gasteiger partial charge on any atom is 0.319 e. The smallest absolute Gasteiger partial charge is 0.319 e. The zero-order valence-electron chi connectivity index (χ0n) is 9.28. The molecule has 0 radical (unpaired) electrons. The van der Waals surface area contributed by atoms with Crippen molar-refractivity contribution in [2.24, 2.45) is 0 Å². The number of thioether (sulfide) groups is 1. The van der Waals surface area contributed by atoms with E-state index in [-0.39, 0.29) is 11.2 Å². The molecule has 1 saturated heterocycles. The Bertz CT molecular complexity index is 566. The Labute approximate surface area is 106 Å². The number of hydrogen-bond acceptors (Lipinski definition) is 7. The van der Waals surface area contributed by atoms with Gasteiger partial charge in [-0.05, 0) is 12.1 Å². The summed E-state index contributed by atoms with van der Waals surface area (Å²) in [5, 5.41) is 8.10. The highest BCUT2D eigenvalue weighted by molar-refractivity contribution is 8.00. The van der Waals surface area contributed by atoms with E-state index in [1.54, 1.807) is 12.1 Å².